The first-order valence-corrected chi connectivity index (χ1v) is 12.3. The zero-order chi connectivity index (χ0) is 23.3. The molecule has 32 heavy (non-hydrogen) atoms. The average molecular weight is 444 g/mol. The van der Waals surface area contributed by atoms with E-state index < -0.39 is 11.9 Å². The lowest BCUT2D eigenvalue weighted by atomic mass is 9.97. The number of aryl methyl sites for hydroxylation is 1. The maximum atomic E-state index is 12.8. The van der Waals surface area contributed by atoms with Gasteiger partial charge < -0.3 is 10.6 Å². The molecule has 7 heteroatoms. The van der Waals surface area contributed by atoms with Crippen molar-refractivity contribution in [1.82, 2.24) is 18.9 Å². The second-order valence-corrected chi connectivity index (χ2v) is 9.38. The highest BCUT2D eigenvalue weighted by Gasteiger charge is 2.23. The van der Waals surface area contributed by atoms with Gasteiger partial charge in [-0.05, 0) is 42.9 Å². The van der Waals surface area contributed by atoms with Crippen molar-refractivity contribution in [3.8, 4) is 0 Å². The third kappa shape index (κ3) is 5.44. The SMILES string of the molecule is CCCC(CCC)CN1CCN(Cc2ccc3c(c2)n(C)c(=O)n3C(CC)C(N)=O)CC1. The number of carbonyl (C=O) groups excluding carboxylic acids is 1. The van der Waals surface area contributed by atoms with Gasteiger partial charge in [-0.2, -0.15) is 0 Å². The molecule has 2 N–H and O–H groups in total. The van der Waals surface area contributed by atoms with Gasteiger partial charge in [0.25, 0.3) is 0 Å². The summed E-state index contributed by atoms with van der Waals surface area (Å²) in [6.07, 6.45) is 5.71. The summed E-state index contributed by atoms with van der Waals surface area (Å²) in [7, 11) is 1.76. The number of primary amides is 1. The minimum absolute atomic E-state index is 0.190. The Morgan fingerprint density at radius 2 is 1.62 bits per heavy atom. The van der Waals surface area contributed by atoms with Gasteiger partial charge in [0, 0.05) is 46.3 Å². The van der Waals surface area contributed by atoms with Gasteiger partial charge in [-0.1, -0.05) is 39.7 Å². The van der Waals surface area contributed by atoms with E-state index in [0.29, 0.717) is 6.42 Å². The zero-order valence-electron chi connectivity index (χ0n) is 20.3. The van der Waals surface area contributed by atoms with Crippen LogP contribution >= 0.6 is 0 Å². The minimum Gasteiger partial charge on any atom is -0.368 e. The number of imidazole rings is 1. The standard InChI is InChI=1S/C25H41N5O2/c1-5-8-19(9-6-2)17-28-12-14-29(15-13-28)18-20-10-11-22-23(16-20)27(4)25(32)30(22)21(7-3)24(26)31/h10-11,16,19,21H,5-9,12-15,17-18H2,1-4H3,(H2,26,31). The maximum Gasteiger partial charge on any atom is 0.329 e. The molecule has 1 unspecified atom stereocenters. The van der Waals surface area contributed by atoms with E-state index in [2.05, 4.69) is 35.8 Å². The van der Waals surface area contributed by atoms with Gasteiger partial charge in [-0.15, -0.1) is 0 Å². The molecule has 1 aliphatic rings. The number of carbonyl (C=O) groups is 1. The van der Waals surface area contributed by atoms with Crippen LogP contribution in [0, 0.1) is 5.92 Å². The summed E-state index contributed by atoms with van der Waals surface area (Å²) >= 11 is 0. The Morgan fingerprint density at radius 1 is 1.00 bits per heavy atom. The van der Waals surface area contributed by atoms with E-state index in [0.717, 1.165) is 49.7 Å². The molecule has 178 valence electrons. The van der Waals surface area contributed by atoms with E-state index in [1.165, 1.54) is 37.8 Å². The molecule has 0 aliphatic carbocycles. The van der Waals surface area contributed by atoms with Crippen molar-refractivity contribution in [3.63, 3.8) is 0 Å². The Labute approximate surface area is 192 Å². The fourth-order valence-electron chi connectivity index (χ4n) is 5.22. The lowest BCUT2D eigenvalue weighted by molar-refractivity contribution is -0.121. The monoisotopic (exact) mass is 443 g/mol. The molecule has 1 aromatic heterocycles. The van der Waals surface area contributed by atoms with Crippen LogP contribution in [0.4, 0.5) is 0 Å². The van der Waals surface area contributed by atoms with Gasteiger partial charge in [0.15, 0.2) is 0 Å². The highest BCUT2D eigenvalue weighted by Crippen LogP contribution is 2.22. The maximum absolute atomic E-state index is 12.8. The lowest BCUT2D eigenvalue weighted by Gasteiger charge is -2.36. The molecule has 0 radical (unpaired) electrons. The molecule has 1 fully saturated rings. The number of rotatable bonds is 11. The van der Waals surface area contributed by atoms with Crippen LogP contribution in [-0.2, 0) is 18.4 Å². The fourth-order valence-corrected chi connectivity index (χ4v) is 5.22. The highest BCUT2D eigenvalue weighted by molar-refractivity contribution is 5.83. The normalized spacial score (nSPS) is 16.8. The van der Waals surface area contributed by atoms with Gasteiger partial charge in [0.2, 0.25) is 5.91 Å². The molecule has 1 amide bonds. The number of hydrogen-bond acceptors (Lipinski definition) is 4. The van der Waals surface area contributed by atoms with Gasteiger partial charge in [0.05, 0.1) is 11.0 Å². The van der Waals surface area contributed by atoms with Crippen molar-refractivity contribution in [3.05, 3.63) is 34.2 Å². The topological polar surface area (TPSA) is 76.5 Å². The van der Waals surface area contributed by atoms with Crippen LogP contribution in [0.25, 0.3) is 11.0 Å². The Bertz CT molecular complexity index is 949. The molecule has 3 rings (SSSR count). The summed E-state index contributed by atoms with van der Waals surface area (Å²) < 4.78 is 3.17. The number of fused-ring (bicyclic) bond motifs is 1. The summed E-state index contributed by atoms with van der Waals surface area (Å²) in [5.41, 5.74) is 8.19. The Hall–Kier alpha value is -2.12. The van der Waals surface area contributed by atoms with E-state index in [-0.39, 0.29) is 5.69 Å². The van der Waals surface area contributed by atoms with E-state index >= 15 is 0 Å². The van der Waals surface area contributed by atoms with Crippen molar-refractivity contribution in [2.45, 2.75) is 65.5 Å². The average Bonchev–Trinajstić information content (AvgIpc) is 3.01. The quantitative estimate of drug-likeness (QED) is 0.579. The summed E-state index contributed by atoms with van der Waals surface area (Å²) in [4.78, 5) is 29.8. The molecular formula is C25H41N5O2. The van der Waals surface area contributed by atoms with Crippen molar-refractivity contribution in [1.29, 1.82) is 0 Å². The largest absolute Gasteiger partial charge is 0.368 e. The van der Waals surface area contributed by atoms with E-state index in [1.54, 1.807) is 16.2 Å². The first-order valence-electron chi connectivity index (χ1n) is 12.3. The minimum atomic E-state index is -0.616. The molecule has 0 spiro atoms. The van der Waals surface area contributed by atoms with Crippen LogP contribution in [0.3, 0.4) is 0 Å². The third-order valence-electron chi connectivity index (χ3n) is 6.96. The molecule has 2 heterocycles. The summed E-state index contributed by atoms with van der Waals surface area (Å²) in [6, 6.07) is 5.52. The predicted octanol–water partition coefficient (Wildman–Crippen LogP) is 3.11. The molecule has 1 aliphatic heterocycles. The molecular weight excluding hydrogens is 402 g/mol. The summed E-state index contributed by atoms with van der Waals surface area (Å²) in [5.74, 6) is 0.362. The lowest BCUT2D eigenvalue weighted by Crippen LogP contribution is -2.47. The van der Waals surface area contributed by atoms with Crippen molar-refractivity contribution < 1.29 is 4.79 Å². The molecule has 0 saturated carbocycles. The van der Waals surface area contributed by atoms with Crippen LogP contribution in [0.1, 0.15) is 64.5 Å². The number of hydrogen-bond donors (Lipinski definition) is 1. The number of aromatic nitrogens is 2. The van der Waals surface area contributed by atoms with Crippen molar-refractivity contribution >= 4 is 16.9 Å². The number of amides is 1. The molecule has 2 aromatic rings. The van der Waals surface area contributed by atoms with Gasteiger partial charge >= 0.3 is 5.69 Å². The van der Waals surface area contributed by atoms with E-state index in [1.807, 2.05) is 13.0 Å². The Morgan fingerprint density at radius 3 is 2.19 bits per heavy atom. The molecule has 1 atom stereocenters. The number of nitrogens with zero attached hydrogens (tertiary/aromatic N) is 4. The first kappa shape index (κ1) is 24.5. The Kier molecular flexibility index (Phi) is 8.54. The molecule has 0 bridgehead atoms. The second-order valence-electron chi connectivity index (χ2n) is 9.38. The first-order chi connectivity index (χ1) is 15.4. The highest BCUT2D eigenvalue weighted by atomic mass is 16.2. The van der Waals surface area contributed by atoms with E-state index in [9.17, 15) is 9.59 Å². The second kappa shape index (κ2) is 11.1. The fraction of sp³-hybridized carbons (Fsp3) is 0.680. The Balaban J connectivity index is 1.67. The van der Waals surface area contributed by atoms with Crippen molar-refractivity contribution in [2.75, 3.05) is 32.7 Å². The number of nitrogens with two attached hydrogens (primary N) is 1. The summed E-state index contributed by atoms with van der Waals surface area (Å²) in [5, 5.41) is 0. The third-order valence-corrected chi connectivity index (χ3v) is 6.96. The number of piperazine rings is 1. The van der Waals surface area contributed by atoms with Gasteiger partial charge in [0.1, 0.15) is 6.04 Å². The van der Waals surface area contributed by atoms with Crippen LogP contribution in [-0.4, -0.2) is 57.6 Å². The van der Waals surface area contributed by atoms with Crippen LogP contribution in [0.15, 0.2) is 23.0 Å². The van der Waals surface area contributed by atoms with Gasteiger partial charge in [-0.25, -0.2) is 4.79 Å². The predicted molar refractivity (Wildman–Crippen MR) is 131 cm³/mol. The zero-order valence-corrected chi connectivity index (χ0v) is 20.3. The molecule has 1 saturated heterocycles. The number of benzene rings is 1. The molecule has 7 nitrogen and oxygen atoms in total. The van der Waals surface area contributed by atoms with E-state index in [4.69, 9.17) is 5.73 Å². The van der Waals surface area contributed by atoms with Gasteiger partial charge in [-0.3, -0.25) is 18.8 Å². The smallest absolute Gasteiger partial charge is 0.329 e. The van der Waals surface area contributed by atoms with Crippen LogP contribution in [0.5, 0.6) is 0 Å². The van der Waals surface area contributed by atoms with Crippen LogP contribution in [0.2, 0.25) is 0 Å². The van der Waals surface area contributed by atoms with Crippen molar-refractivity contribution in [2.24, 2.45) is 18.7 Å². The summed E-state index contributed by atoms with van der Waals surface area (Å²) in [6.45, 7) is 13.0. The molecule has 1 aromatic carbocycles. The van der Waals surface area contributed by atoms with Crippen LogP contribution < -0.4 is 11.4 Å².